The Morgan fingerprint density at radius 3 is 0.738 bits per heavy atom. The zero-order valence-corrected chi connectivity index (χ0v) is 73.9. The second-order valence-electron chi connectivity index (χ2n) is 39.6. The van der Waals surface area contributed by atoms with E-state index in [9.17, 15) is 133 Å². The maximum absolute atomic E-state index is 11.1. The zero-order chi connectivity index (χ0) is 92.9. The largest absolute Gasteiger partial charge is 0.394 e. The smallest absolute Gasteiger partial charge is 0.187 e. The lowest BCUT2D eigenvalue weighted by atomic mass is 9.87. The molecule has 28 N–H and O–H groups in total. The SMILES string of the molecule is CC(C)(C)CCC[C@H]1O[C@H](CO)[C@@H](O)[C@H](O)[C@@H]1O.CC(C)(C)CCC[C@H]1O[C@H](CO)[C@@H](O)[C@H](O)[C@H]1O.CC(C)(C)CCC[C@H]1O[C@H](CO[C@H]2O[C@H](CO)[C@@H](O)[C@H](O)[C@@H]2O)[C@@H](O)[C@H](O[C@H]2O[C@H](CO)[C@@H](O)[C@H](O)[C@@H]2O)[C@@H]1O.CC(C)(C)CCO[C@H]1O[C@H](CO[C@H]2O[C@H](CO)[C@@H](O)[C@H](O)[C@@H]2O)[C@@H](O)[C@H](O)[C@@H]1O.C[C@@H]1O[C@@H](CCCC(C)(C)C)[C@@H](O)[C@H](O)[C@@H]1O. The molecule has 0 aliphatic carbocycles. The monoisotopic (exact) mass is 1780 g/mol. The van der Waals surface area contributed by atoms with Gasteiger partial charge in [-0.2, -0.15) is 0 Å². The van der Waals surface area contributed by atoms with Crippen molar-refractivity contribution in [3.05, 3.63) is 0 Å². The molecule has 0 bridgehead atoms. The van der Waals surface area contributed by atoms with Gasteiger partial charge in [-0.25, -0.2) is 0 Å². The lowest BCUT2D eigenvalue weighted by Gasteiger charge is -2.47. The maximum Gasteiger partial charge on any atom is 0.187 e. The molecule has 8 saturated heterocycles. The molecule has 0 aromatic rings. The van der Waals surface area contributed by atoms with Gasteiger partial charge in [0.15, 0.2) is 25.2 Å². The van der Waals surface area contributed by atoms with Crippen LogP contribution in [-0.4, -0.2) is 441 Å². The van der Waals surface area contributed by atoms with Crippen LogP contribution in [0.4, 0.5) is 0 Å². The Hall–Kier alpha value is -1.60. The molecule has 0 spiro atoms. The van der Waals surface area contributed by atoms with Gasteiger partial charge in [-0.15, -0.1) is 0 Å². The summed E-state index contributed by atoms with van der Waals surface area (Å²) in [6, 6.07) is 0. The number of aliphatic hydroxyl groups is 28. The minimum absolute atomic E-state index is 0.00299. The van der Waals surface area contributed by atoms with Crippen LogP contribution in [0, 0.1) is 27.1 Å². The molecule has 0 unspecified atom stereocenters. The zero-order valence-electron chi connectivity index (χ0n) is 73.9. The summed E-state index contributed by atoms with van der Waals surface area (Å²) in [4.78, 5) is 0. The van der Waals surface area contributed by atoms with E-state index in [1.165, 1.54) is 0 Å². The molecule has 0 radical (unpaired) electrons. The van der Waals surface area contributed by atoms with Crippen molar-refractivity contribution in [3.8, 4) is 0 Å². The molecular formula is C82H158O40. The molecule has 8 fully saturated rings. The van der Waals surface area contributed by atoms with Crippen molar-refractivity contribution < 1.29 is 200 Å². The van der Waals surface area contributed by atoms with E-state index in [2.05, 4.69) is 83.1 Å². The second kappa shape index (κ2) is 50.9. The van der Waals surface area contributed by atoms with Gasteiger partial charge in [0, 0.05) is 0 Å². The standard InChI is InChI=1S/C25H46O15.C18H34O11.2C13H26O5.C13H26O4/c1-25(2,3)6-4-5-10-16(30)22(40-24-21(35)19(33)15(29)12(8-27)39-24)17(31)13(37-10)9-36-23-20(34)18(32)14(28)11(7-26)38-23;1-18(2,3)4-5-26-16-14(24)13(23)11(21)9(29-16)7-27-17-15(25)12(22)10(20)8(6-19)28-17;2*1-13(2,3)6-4-5-8-10(15)12(17)11(16)9(7-14)18-8;1-8-10(14)12(16)11(15)9(17-8)6-5-7-13(2,3)4/h10-24,26-35H,4-9H2,1-3H3;8-17,19-25H,4-7H2,1-3H3;2*8-12,14-17H,4-7H2,1-3H3;8-12,14-16H,5-7H2,1-4H3/t10-,11-,12-,13-,14-,15-,16-,17-,18+,19+,20+,21+,22-,23+,24-;8-,9-,10-,11-,12+,13+,14+,15+,16+,17+;8-,9-,10+,11-,12-;8-,9-,10-,11-,12-;8-,9-,10+,11+,12+/m11110/s1. The molecule has 40 atom stereocenters. The van der Waals surface area contributed by atoms with Crippen LogP contribution in [-0.2, 0) is 56.8 Å². The third-order valence-electron chi connectivity index (χ3n) is 22.9. The highest BCUT2D eigenvalue weighted by Crippen LogP contribution is 2.37. The Labute approximate surface area is 716 Å². The molecule has 0 aromatic carbocycles. The minimum Gasteiger partial charge on any atom is -0.394 e. The third kappa shape index (κ3) is 34.5. The first-order chi connectivity index (χ1) is 56.4. The minimum atomic E-state index is -1.77. The number of aliphatic hydroxyl groups excluding tert-OH is 28. The van der Waals surface area contributed by atoms with Gasteiger partial charge in [0.05, 0.1) is 83.4 Å². The van der Waals surface area contributed by atoms with Crippen molar-refractivity contribution in [1.29, 1.82) is 0 Å². The Balaban J connectivity index is 0.000000336. The van der Waals surface area contributed by atoms with E-state index in [1.54, 1.807) is 6.92 Å². The lowest BCUT2D eigenvalue weighted by molar-refractivity contribution is -0.347. The van der Waals surface area contributed by atoms with Gasteiger partial charge in [-0.1, -0.05) is 130 Å². The molecule has 0 aromatic heterocycles. The van der Waals surface area contributed by atoms with Gasteiger partial charge in [-0.3, -0.25) is 0 Å². The van der Waals surface area contributed by atoms with Crippen molar-refractivity contribution in [2.24, 2.45) is 27.1 Å². The summed E-state index contributed by atoms with van der Waals surface area (Å²) in [7, 11) is 0. The molecule has 122 heavy (non-hydrogen) atoms. The summed E-state index contributed by atoms with van der Waals surface area (Å²) in [5.74, 6) is 0. The highest BCUT2D eigenvalue weighted by atomic mass is 16.7. The summed E-state index contributed by atoms with van der Waals surface area (Å²) >= 11 is 0. The van der Waals surface area contributed by atoms with E-state index in [0.717, 1.165) is 44.9 Å². The molecule has 40 nitrogen and oxygen atoms in total. The lowest BCUT2D eigenvalue weighted by Crippen LogP contribution is -2.65. The Kier molecular flexibility index (Phi) is 47.0. The third-order valence-corrected chi connectivity index (χ3v) is 22.9. The number of hydrogen-bond acceptors (Lipinski definition) is 40. The van der Waals surface area contributed by atoms with Crippen LogP contribution in [0.25, 0.3) is 0 Å². The highest BCUT2D eigenvalue weighted by Gasteiger charge is 2.54. The van der Waals surface area contributed by atoms with Gasteiger partial charge in [0.1, 0.15) is 189 Å². The van der Waals surface area contributed by atoms with E-state index >= 15 is 0 Å². The van der Waals surface area contributed by atoms with Gasteiger partial charge < -0.3 is 200 Å². The van der Waals surface area contributed by atoms with Crippen LogP contribution in [0.2, 0.25) is 0 Å². The van der Waals surface area contributed by atoms with E-state index in [1.807, 2.05) is 20.8 Å². The molecule has 726 valence electrons. The molecule has 8 rings (SSSR count). The number of hydrogen-bond donors (Lipinski definition) is 28. The quantitative estimate of drug-likeness (QED) is 0.0347. The molecular weight excluding hydrogens is 1620 g/mol. The van der Waals surface area contributed by atoms with Crippen LogP contribution in [0.5, 0.6) is 0 Å². The molecule has 8 aliphatic heterocycles. The Morgan fingerprint density at radius 1 is 0.213 bits per heavy atom. The molecule has 40 heteroatoms. The fraction of sp³-hybridized carbons (Fsp3) is 1.00. The summed E-state index contributed by atoms with van der Waals surface area (Å²) in [5.41, 5.74) is 0.686. The van der Waals surface area contributed by atoms with E-state index < -0.39 is 265 Å². The van der Waals surface area contributed by atoms with Gasteiger partial charge >= 0.3 is 0 Å². The summed E-state index contributed by atoms with van der Waals surface area (Å²) in [6.07, 6.45) is -40.0. The topological polar surface area (TPSA) is 677 Å². The predicted molar refractivity (Wildman–Crippen MR) is 429 cm³/mol. The van der Waals surface area contributed by atoms with E-state index in [0.29, 0.717) is 38.5 Å². The first-order valence-corrected chi connectivity index (χ1v) is 42.8. The van der Waals surface area contributed by atoms with Crippen molar-refractivity contribution >= 4 is 0 Å². The van der Waals surface area contributed by atoms with E-state index in [-0.39, 0.29) is 59.6 Å². The van der Waals surface area contributed by atoms with Gasteiger partial charge in [-0.05, 0) is 91.8 Å². The maximum atomic E-state index is 11.1. The molecule has 8 aliphatic rings. The fourth-order valence-corrected chi connectivity index (χ4v) is 14.9. The highest BCUT2D eigenvalue weighted by molar-refractivity contribution is 5.00. The second-order valence-corrected chi connectivity index (χ2v) is 39.6. The van der Waals surface area contributed by atoms with Crippen LogP contribution in [0.15, 0.2) is 0 Å². The van der Waals surface area contributed by atoms with Crippen molar-refractivity contribution in [3.63, 3.8) is 0 Å². The van der Waals surface area contributed by atoms with Gasteiger partial charge in [0.2, 0.25) is 0 Å². The number of rotatable bonds is 28. The molecule has 0 saturated carbocycles. The van der Waals surface area contributed by atoms with Crippen molar-refractivity contribution in [2.45, 2.75) is 439 Å². The van der Waals surface area contributed by atoms with Crippen molar-refractivity contribution in [2.75, 3.05) is 52.9 Å². The van der Waals surface area contributed by atoms with Crippen LogP contribution in [0.1, 0.15) is 194 Å². The van der Waals surface area contributed by atoms with Crippen LogP contribution >= 0.6 is 0 Å². The average molecular weight is 1780 g/mol. The average Bonchev–Trinajstić information content (AvgIpc) is 0.783. The number of ether oxygens (including phenoxy) is 12. The molecule has 0 amide bonds. The fourth-order valence-electron chi connectivity index (χ4n) is 14.9. The first kappa shape index (κ1) is 113. The summed E-state index contributed by atoms with van der Waals surface area (Å²) in [5, 5.41) is 276. The Morgan fingerprint density at radius 2 is 0.426 bits per heavy atom. The summed E-state index contributed by atoms with van der Waals surface area (Å²) < 4.78 is 66.0. The normalized spacial score (nSPS) is 42.5. The van der Waals surface area contributed by atoms with Crippen LogP contribution in [0.3, 0.4) is 0 Å². The molecule has 8 heterocycles. The van der Waals surface area contributed by atoms with Crippen LogP contribution < -0.4 is 0 Å². The first-order valence-electron chi connectivity index (χ1n) is 42.8. The Bertz CT molecular complexity index is 2750. The van der Waals surface area contributed by atoms with E-state index in [4.69, 9.17) is 67.1 Å². The van der Waals surface area contributed by atoms with Crippen molar-refractivity contribution in [1.82, 2.24) is 0 Å². The predicted octanol–water partition coefficient (Wildman–Crippen LogP) is -6.08. The summed E-state index contributed by atoms with van der Waals surface area (Å²) in [6.45, 7) is 30.0. The van der Waals surface area contributed by atoms with Gasteiger partial charge in [0.25, 0.3) is 0 Å².